The Labute approximate surface area is 210 Å². The van der Waals surface area contributed by atoms with Gasteiger partial charge in [-0.05, 0) is 61.0 Å². The van der Waals surface area contributed by atoms with E-state index < -0.39 is 22.5 Å². The number of ether oxygens (including phenoxy) is 2. The molecule has 11 heteroatoms. The van der Waals surface area contributed by atoms with Gasteiger partial charge >= 0.3 is 5.97 Å². The molecule has 182 valence electrons. The van der Waals surface area contributed by atoms with Crippen LogP contribution in [0.1, 0.15) is 22.8 Å². The number of hydrogen-bond acceptors (Lipinski definition) is 8. The van der Waals surface area contributed by atoms with Gasteiger partial charge in [0.1, 0.15) is 17.4 Å². The molecule has 2 N–H and O–H groups in total. The van der Waals surface area contributed by atoms with Crippen LogP contribution in [-0.4, -0.2) is 28.5 Å². The first-order valence-corrected chi connectivity index (χ1v) is 10.7. The summed E-state index contributed by atoms with van der Waals surface area (Å²) in [7, 11) is 0. The van der Waals surface area contributed by atoms with E-state index in [4.69, 9.17) is 21.1 Å². The number of rotatable bonds is 8. The number of nitrogens with one attached hydrogen (secondary N) is 1. The summed E-state index contributed by atoms with van der Waals surface area (Å²) < 4.78 is 11.0. The van der Waals surface area contributed by atoms with Crippen LogP contribution < -0.4 is 14.8 Å². The maximum atomic E-state index is 12.6. The molecule has 0 radical (unpaired) electrons. The first-order valence-electron chi connectivity index (χ1n) is 10.4. The molecule has 3 aromatic carbocycles. The number of aromatic hydroxyl groups is 1. The molecule has 10 nitrogen and oxygen atoms in total. The third-order valence-electron chi connectivity index (χ3n) is 4.67. The van der Waals surface area contributed by atoms with Crippen molar-refractivity contribution in [1.82, 2.24) is 0 Å². The number of hydrogen-bond donors (Lipinski definition) is 2. The zero-order chi connectivity index (χ0) is 26.2. The van der Waals surface area contributed by atoms with Crippen LogP contribution in [0.2, 0.25) is 5.02 Å². The van der Waals surface area contributed by atoms with E-state index in [1.807, 2.05) is 0 Å². The molecule has 0 aliphatic rings. The standard InChI is InChI=1S/C25H18ClN3O7/c1-2-35-23-12-15(3-10-22(23)36-25(32)16-4-6-18(26)7-5-16)11-17(14-27)24(31)28-20-9-8-19(29(33)34)13-21(20)30/h3-13,30H,2H2,1H3,(H,28,31)/b17-11-. The second-order valence-electron chi connectivity index (χ2n) is 7.12. The third-order valence-corrected chi connectivity index (χ3v) is 4.92. The smallest absolute Gasteiger partial charge is 0.343 e. The highest BCUT2D eigenvalue weighted by molar-refractivity contribution is 6.30. The lowest BCUT2D eigenvalue weighted by molar-refractivity contribution is -0.384. The number of nitro benzene ring substituents is 1. The lowest BCUT2D eigenvalue weighted by atomic mass is 10.1. The van der Waals surface area contributed by atoms with Gasteiger partial charge < -0.3 is 19.9 Å². The number of carbonyl (C=O) groups excluding carboxylic acids is 2. The van der Waals surface area contributed by atoms with Crippen molar-refractivity contribution in [2.24, 2.45) is 0 Å². The second-order valence-corrected chi connectivity index (χ2v) is 7.55. The van der Waals surface area contributed by atoms with E-state index in [0.29, 0.717) is 10.6 Å². The average molecular weight is 508 g/mol. The van der Waals surface area contributed by atoms with Gasteiger partial charge in [0.05, 0.1) is 28.8 Å². The quantitative estimate of drug-likeness (QED) is 0.0810. The molecule has 0 aliphatic heterocycles. The second kappa shape index (κ2) is 11.5. The van der Waals surface area contributed by atoms with Crippen molar-refractivity contribution in [3.05, 3.63) is 92.5 Å². The highest BCUT2D eigenvalue weighted by atomic mass is 35.5. The van der Waals surface area contributed by atoms with E-state index in [1.54, 1.807) is 25.1 Å². The molecule has 0 heterocycles. The van der Waals surface area contributed by atoms with Crippen molar-refractivity contribution in [1.29, 1.82) is 5.26 Å². The fourth-order valence-electron chi connectivity index (χ4n) is 2.96. The highest BCUT2D eigenvalue weighted by Crippen LogP contribution is 2.31. The number of amides is 1. The molecule has 36 heavy (non-hydrogen) atoms. The minimum atomic E-state index is -0.849. The number of phenolic OH excluding ortho intramolecular Hbond substituents is 1. The Morgan fingerprint density at radius 2 is 1.86 bits per heavy atom. The summed E-state index contributed by atoms with van der Waals surface area (Å²) in [5.41, 5.74) is -0.109. The Bertz CT molecular complexity index is 1400. The molecule has 3 rings (SSSR count). The summed E-state index contributed by atoms with van der Waals surface area (Å²) in [6.45, 7) is 1.99. The van der Waals surface area contributed by atoms with Gasteiger partial charge in [-0.25, -0.2) is 4.79 Å². The number of nitro groups is 1. The number of carbonyl (C=O) groups is 2. The molecule has 0 unspecified atom stereocenters. The number of benzene rings is 3. The molecule has 0 bridgehead atoms. The predicted molar refractivity (Wildman–Crippen MR) is 131 cm³/mol. The van der Waals surface area contributed by atoms with Crippen LogP contribution in [-0.2, 0) is 4.79 Å². The highest BCUT2D eigenvalue weighted by Gasteiger charge is 2.17. The minimum Gasteiger partial charge on any atom is -0.506 e. The molecule has 0 aliphatic carbocycles. The monoisotopic (exact) mass is 507 g/mol. The van der Waals surface area contributed by atoms with Crippen LogP contribution in [0.4, 0.5) is 11.4 Å². The largest absolute Gasteiger partial charge is 0.506 e. The Hall–Kier alpha value is -4.88. The van der Waals surface area contributed by atoms with Crippen molar-refractivity contribution < 1.29 is 29.1 Å². The maximum absolute atomic E-state index is 12.6. The number of nitriles is 1. The Balaban J connectivity index is 1.82. The topological polar surface area (TPSA) is 152 Å². The van der Waals surface area contributed by atoms with Gasteiger partial charge in [0.25, 0.3) is 11.6 Å². The van der Waals surface area contributed by atoms with Crippen LogP contribution in [0.3, 0.4) is 0 Å². The third kappa shape index (κ3) is 6.37. The summed E-state index contributed by atoms with van der Waals surface area (Å²) in [5.74, 6) is -1.67. The summed E-state index contributed by atoms with van der Waals surface area (Å²) in [5, 5.41) is 33.0. The molecule has 0 saturated heterocycles. The molecular weight excluding hydrogens is 490 g/mol. The Kier molecular flexibility index (Phi) is 8.22. The summed E-state index contributed by atoms with van der Waals surface area (Å²) in [6, 6.07) is 15.5. The van der Waals surface area contributed by atoms with E-state index in [0.717, 1.165) is 18.2 Å². The number of phenols is 1. The van der Waals surface area contributed by atoms with Gasteiger partial charge in [0.15, 0.2) is 11.5 Å². The lowest BCUT2D eigenvalue weighted by Gasteiger charge is -2.12. The van der Waals surface area contributed by atoms with Gasteiger partial charge in [-0.3, -0.25) is 14.9 Å². The fourth-order valence-corrected chi connectivity index (χ4v) is 3.08. The summed E-state index contributed by atoms with van der Waals surface area (Å²) >= 11 is 5.84. The Morgan fingerprint density at radius 1 is 1.14 bits per heavy atom. The number of anilines is 1. The Morgan fingerprint density at radius 3 is 2.47 bits per heavy atom. The number of esters is 1. The molecule has 0 saturated carbocycles. The van der Waals surface area contributed by atoms with Gasteiger partial charge in [0.2, 0.25) is 0 Å². The van der Waals surface area contributed by atoms with E-state index in [9.17, 15) is 30.1 Å². The molecule has 0 atom stereocenters. The first kappa shape index (κ1) is 25.7. The van der Waals surface area contributed by atoms with E-state index >= 15 is 0 Å². The molecule has 1 amide bonds. The van der Waals surface area contributed by atoms with Crippen molar-refractivity contribution in [3.8, 4) is 23.3 Å². The lowest BCUT2D eigenvalue weighted by Crippen LogP contribution is -2.13. The molecule has 0 spiro atoms. The van der Waals surface area contributed by atoms with Crippen LogP contribution in [0.15, 0.2) is 66.2 Å². The summed E-state index contributed by atoms with van der Waals surface area (Å²) in [6.07, 6.45) is 1.27. The van der Waals surface area contributed by atoms with Crippen LogP contribution in [0.5, 0.6) is 17.2 Å². The normalized spacial score (nSPS) is 10.8. The number of nitrogens with zero attached hydrogens (tertiary/aromatic N) is 2. The number of halogens is 1. The van der Waals surface area contributed by atoms with Crippen molar-refractivity contribution in [3.63, 3.8) is 0 Å². The maximum Gasteiger partial charge on any atom is 0.343 e. The average Bonchev–Trinajstić information content (AvgIpc) is 2.85. The van der Waals surface area contributed by atoms with Crippen LogP contribution >= 0.6 is 11.6 Å². The molecular formula is C25H18ClN3O7. The van der Waals surface area contributed by atoms with Crippen molar-refractivity contribution in [2.75, 3.05) is 11.9 Å². The molecule has 3 aromatic rings. The molecule has 0 aromatic heterocycles. The van der Waals surface area contributed by atoms with Crippen molar-refractivity contribution >= 4 is 40.9 Å². The zero-order valence-corrected chi connectivity index (χ0v) is 19.5. The predicted octanol–water partition coefficient (Wildman–Crippen LogP) is 5.12. The minimum absolute atomic E-state index is 0.105. The van der Waals surface area contributed by atoms with Gasteiger partial charge in [-0.1, -0.05) is 17.7 Å². The van der Waals surface area contributed by atoms with Gasteiger partial charge in [-0.2, -0.15) is 5.26 Å². The van der Waals surface area contributed by atoms with Crippen LogP contribution in [0.25, 0.3) is 6.08 Å². The van der Waals surface area contributed by atoms with Gasteiger partial charge in [0, 0.05) is 11.1 Å². The van der Waals surface area contributed by atoms with Gasteiger partial charge in [-0.15, -0.1) is 0 Å². The summed E-state index contributed by atoms with van der Waals surface area (Å²) in [4.78, 5) is 35.1. The van der Waals surface area contributed by atoms with E-state index in [2.05, 4.69) is 5.32 Å². The molecule has 0 fully saturated rings. The van der Waals surface area contributed by atoms with Crippen molar-refractivity contribution in [2.45, 2.75) is 6.92 Å². The SMILES string of the molecule is CCOc1cc(/C=C(/C#N)C(=O)Nc2ccc([N+](=O)[O-])cc2O)ccc1OC(=O)c1ccc(Cl)cc1. The fraction of sp³-hybridized carbons (Fsp3) is 0.0800. The van der Waals surface area contributed by atoms with E-state index in [1.165, 1.54) is 36.4 Å². The van der Waals surface area contributed by atoms with E-state index in [-0.39, 0.29) is 40.6 Å². The number of non-ortho nitro benzene ring substituents is 1. The first-order chi connectivity index (χ1) is 17.2. The van der Waals surface area contributed by atoms with Crippen LogP contribution in [0, 0.1) is 21.4 Å². The zero-order valence-electron chi connectivity index (χ0n) is 18.7.